The Bertz CT molecular complexity index is 251. The monoisotopic (exact) mass is 246 g/mol. The molecule has 0 aromatic rings. The van der Waals surface area contributed by atoms with Crippen molar-refractivity contribution in [3.05, 3.63) is 0 Å². The molecule has 0 spiro atoms. The number of aliphatic carboxylic acids is 1. The zero-order valence-corrected chi connectivity index (χ0v) is 10.9. The number of carbonyl (C=O) groups is 2. The van der Waals surface area contributed by atoms with Crippen molar-refractivity contribution in [2.75, 3.05) is 6.61 Å². The molecule has 0 aliphatic heterocycles. The number of carboxylic acids is 1. The normalized spacial score (nSPS) is 16.0. The van der Waals surface area contributed by atoms with E-state index in [1.165, 1.54) is 6.92 Å². The maximum atomic E-state index is 11.6. The van der Waals surface area contributed by atoms with Crippen LogP contribution in [0.1, 0.15) is 40.5 Å². The zero-order chi connectivity index (χ0) is 13.4. The van der Waals surface area contributed by atoms with Crippen molar-refractivity contribution < 1.29 is 24.2 Å². The first kappa shape index (κ1) is 15.9. The number of rotatable bonds is 8. The van der Waals surface area contributed by atoms with E-state index in [1.807, 2.05) is 6.92 Å². The van der Waals surface area contributed by atoms with Crippen molar-refractivity contribution in [2.24, 2.45) is 11.8 Å². The van der Waals surface area contributed by atoms with Gasteiger partial charge in [-0.25, -0.2) is 0 Å². The molecule has 5 heteroatoms. The molecule has 0 amide bonds. The Balaban J connectivity index is 4.02. The molecule has 3 atom stereocenters. The molecular formula is C12H22O5. The van der Waals surface area contributed by atoms with Gasteiger partial charge in [-0.05, 0) is 13.3 Å². The highest BCUT2D eigenvalue weighted by Gasteiger charge is 2.28. The highest BCUT2D eigenvalue weighted by atomic mass is 16.7. The Labute approximate surface area is 102 Å². The van der Waals surface area contributed by atoms with Gasteiger partial charge in [0.2, 0.25) is 0 Å². The molecule has 1 N–H and O–H groups in total. The minimum atomic E-state index is -1.01. The summed E-state index contributed by atoms with van der Waals surface area (Å²) in [5.74, 6) is -2.98. The molecule has 0 saturated heterocycles. The predicted octanol–water partition coefficient (Wildman–Crippen LogP) is 2.05. The fraction of sp³-hybridized carbons (Fsp3) is 0.833. The minimum absolute atomic E-state index is 0.536. The van der Waals surface area contributed by atoms with E-state index in [9.17, 15) is 9.59 Å². The maximum absolute atomic E-state index is 11.6. The van der Waals surface area contributed by atoms with Gasteiger partial charge in [0.25, 0.3) is 0 Å². The van der Waals surface area contributed by atoms with Crippen LogP contribution in [0.4, 0.5) is 0 Å². The van der Waals surface area contributed by atoms with E-state index in [0.717, 1.165) is 12.8 Å². The zero-order valence-electron chi connectivity index (χ0n) is 10.9. The van der Waals surface area contributed by atoms with Gasteiger partial charge in [0.15, 0.2) is 6.29 Å². The Kier molecular flexibility index (Phi) is 7.54. The first-order chi connectivity index (χ1) is 7.90. The first-order valence-corrected chi connectivity index (χ1v) is 5.95. The lowest BCUT2D eigenvalue weighted by molar-refractivity contribution is -0.182. The van der Waals surface area contributed by atoms with Gasteiger partial charge in [0.05, 0.1) is 18.4 Å². The minimum Gasteiger partial charge on any atom is -0.481 e. The Morgan fingerprint density at radius 2 is 1.76 bits per heavy atom. The van der Waals surface area contributed by atoms with Crippen LogP contribution in [0.3, 0.4) is 0 Å². The van der Waals surface area contributed by atoms with Crippen LogP contribution in [0.15, 0.2) is 0 Å². The number of hydrogen-bond donors (Lipinski definition) is 1. The molecule has 0 fully saturated rings. The van der Waals surface area contributed by atoms with Gasteiger partial charge in [0.1, 0.15) is 0 Å². The van der Waals surface area contributed by atoms with Crippen LogP contribution in [0.25, 0.3) is 0 Å². The number of ether oxygens (including phenoxy) is 2. The number of carbonyl (C=O) groups excluding carboxylic acids is 1. The molecule has 0 rings (SSSR count). The van der Waals surface area contributed by atoms with Crippen LogP contribution >= 0.6 is 0 Å². The second-order valence-corrected chi connectivity index (χ2v) is 4.14. The van der Waals surface area contributed by atoms with Crippen LogP contribution in [0.5, 0.6) is 0 Å². The van der Waals surface area contributed by atoms with Crippen molar-refractivity contribution in [3.63, 3.8) is 0 Å². The molecule has 0 radical (unpaired) electrons. The average Bonchev–Trinajstić information content (AvgIpc) is 2.27. The maximum Gasteiger partial charge on any atom is 0.311 e. The summed E-state index contributed by atoms with van der Waals surface area (Å²) >= 11 is 0. The summed E-state index contributed by atoms with van der Waals surface area (Å²) in [6, 6.07) is 0. The lowest BCUT2D eigenvalue weighted by atomic mass is 9.96. The lowest BCUT2D eigenvalue weighted by Gasteiger charge is -2.19. The van der Waals surface area contributed by atoms with E-state index in [-0.39, 0.29) is 0 Å². The third-order valence-electron chi connectivity index (χ3n) is 2.64. The lowest BCUT2D eigenvalue weighted by Crippen LogP contribution is -2.30. The average molecular weight is 246 g/mol. The highest BCUT2D eigenvalue weighted by Crippen LogP contribution is 2.14. The summed E-state index contributed by atoms with van der Waals surface area (Å²) in [6.07, 6.45) is 1.29. The molecule has 100 valence electrons. The Morgan fingerprint density at radius 1 is 1.18 bits per heavy atom. The number of hydrogen-bond acceptors (Lipinski definition) is 4. The highest BCUT2D eigenvalue weighted by molar-refractivity contribution is 5.80. The molecule has 0 aliphatic rings. The summed E-state index contributed by atoms with van der Waals surface area (Å²) in [4.78, 5) is 22.3. The molecule has 0 aromatic carbocycles. The molecule has 0 saturated carbocycles. The Hall–Kier alpha value is -1.10. The molecule has 0 bridgehead atoms. The van der Waals surface area contributed by atoms with E-state index >= 15 is 0 Å². The summed E-state index contributed by atoms with van der Waals surface area (Å²) in [5.41, 5.74) is 0. The molecule has 5 nitrogen and oxygen atoms in total. The number of unbranched alkanes of at least 4 members (excludes halogenated alkanes) is 1. The van der Waals surface area contributed by atoms with Crippen LogP contribution in [-0.2, 0) is 19.1 Å². The van der Waals surface area contributed by atoms with Gasteiger partial charge in [-0.15, -0.1) is 0 Å². The van der Waals surface area contributed by atoms with Gasteiger partial charge in [0, 0.05) is 0 Å². The van der Waals surface area contributed by atoms with Crippen LogP contribution in [-0.4, -0.2) is 29.9 Å². The van der Waals surface area contributed by atoms with Gasteiger partial charge < -0.3 is 14.6 Å². The smallest absolute Gasteiger partial charge is 0.311 e. The fourth-order valence-corrected chi connectivity index (χ4v) is 1.12. The second kappa shape index (κ2) is 8.06. The van der Waals surface area contributed by atoms with Crippen molar-refractivity contribution in [2.45, 2.75) is 46.8 Å². The molecule has 0 aromatic heterocycles. The van der Waals surface area contributed by atoms with Crippen molar-refractivity contribution >= 4 is 11.9 Å². The Morgan fingerprint density at radius 3 is 2.24 bits per heavy atom. The molecule has 17 heavy (non-hydrogen) atoms. The first-order valence-electron chi connectivity index (χ1n) is 5.95. The third kappa shape index (κ3) is 6.26. The summed E-state index contributed by atoms with van der Waals surface area (Å²) in [7, 11) is 0. The molecule has 3 unspecified atom stereocenters. The van der Waals surface area contributed by atoms with E-state index in [2.05, 4.69) is 0 Å². The summed E-state index contributed by atoms with van der Waals surface area (Å²) < 4.78 is 10.3. The van der Waals surface area contributed by atoms with Crippen LogP contribution < -0.4 is 0 Å². The van der Waals surface area contributed by atoms with E-state index in [4.69, 9.17) is 14.6 Å². The number of carboxylic acid groups (broad SMARTS) is 1. The van der Waals surface area contributed by atoms with Gasteiger partial charge in [-0.3, -0.25) is 9.59 Å². The van der Waals surface area contributed by atoms with E-state index in [1.54, 1.807) is 13.8 Å². The van der Waals surface area contributed by atoms with E-state index < -0.39 is 30.1 Å². The van der Waals surface area contributed by atoms with E-state index in [0.29, 0.717) is 6.61 Å². The van der Waals surface area contributed by atoms with Crippen molar-refractivity contribution in [1.82, 2.24) is 0 Å². The third-order valence-corrected chi connectivity index (χ3v) is 2.64. The van der Waals surface area contributed by atoms with Crippen molar-refractivity contribution in [1.29, 1.82) is 0 Å². The summed E-state index contributed by atoms with van der Waals surface area (Å²) in [5, 5.41) is 8.77. The predicted molar refractivity (Wildman–Crippen MR) is 62.4 cm³/mol. The molecule has 0 heterocycles. The summed E-state index contributed by atoms with van der Waals surface area (Å²) in [6.45, 7) is 7.23. The number of esters is 1. The quantitative estimate of drug-likeness (QED) is 0.403. The second-order valence-electron chi connectivity index (χ2n) is 4.14. The topological polar surface area (TPSA) is 72.8 Å². The molecular weight excluding hydrogens is 224 g/mol. The van der Waals surface area contributed by atoms with Gasteiger partial charge >= 0.3 is 11.9 Å². The van der Waals surface area contributed by atoms with Crippen LogP contribution in [0.2, 0.25) is 0 Å². The van der Waals surface area contributed by atoms with Crippen LogP contribution in [0, 0.1) is 11.8 Å². The SMILES string of the molecule is CCCCOC(C)OC(=O)C(C)C(C)C(=O)O. The fourth-order valence-electron chi connectivity index (χ4n) is 1.12. The van der Waals surface area contributed by atoms with Crippen molar-refractivity contribution in [3.8, 4) is 0 Å². The van der Waals surface area contributed by atoms with Gasteiger partial charge in [-0.2, -0.15) is 0 Å². The largest absolute Gasteiger partial charge is 0.481 e. The van der Waals surface area contributed by atoms with Gasteiger partial charge in [-0.1, -0.05) is 27.2 Å². The standard InChI is InChI=1S/C12H22O5/c1-5-6-7-16-10(4)17-12(15)9(3)8(2)11(13)14/h8-10H,5-7H2,1-4H3,(H,13,14). The molecule has 0 aliphatic carbocycles.